The number of nitrogens with zero attached hydrogens (tertiary/aromatic N) is 2. The van der Waals surface area contributed by atoms with Gasteiger partial charge in [-0.2, -0.15) is 0 Å². The molecular weight excluding hydrogens is 468 g/mol. The van der Waals surface area contributed by atoms with Crippen molar-refractivity contribution in [1.29, 1.82) is 0 Å². The molecule has 0 saturated carbocycles. The summed E-state index contributed by atoms with van der Waals surface area (Å²) in [4.78, 5) is 4.29. The molecule has 0 aromatic heterocycles. The summed E-state index contributed by atoms with van der Waals surface area (Å²) in [5.74, 6) is 3.09. The van der Waals surface area contributed by atoms with Crippen LogP contribution in [-0.4, -0.2) is 23.7 Å². The van der Waals surface area contributed by atoms with Crippen molar-refractivity contribution >= 4 is 11.4 Å². The fourth-order valence-electron chi connectivity index (χ4n) is 4.85. The number of benzene rings is 4. The number of hydrogen-bond acceptors (Lipinski definition) is 7. The second-order valence-electron chi connectivity index (χ2n) is 9.16. The zero-order valence-corrected chi connectivity index (χ0v) is 20.3. The number of aliphatic hydroxyl groups is 2. The van der Waals surface area contributed by atoms with Gasteiger partial charge >= 0.3 is 0 Å². The maximum Gasteiger partial charge on any atom is 0.161 e. The maximum atomic E-state index is 9.54. The number of para-hydroxylation sites is 2. The summed E-state index contributed by atoms with van der Waals surface area (Å²) in [6.45, 7) is 2.24. The van der Waals surface area contributed by atoms with Gasteiger partial charge in [-0.15, -0.1) is 0 Å². The first kappa shape index (κ1) is 23.2. The van der Waals surface area contributed by atoms with Crippen molar-refractivity contribution in [2.24, 2.45) is 0 Å². The van der Waals surface area contributed by atoms with Crippen LogP contribution in [0.2, 0.25) is 0 Å². The molecule has 0 radical (unpaired) electrons. The van der Waals surface area contributed by atoms with Crippen molar-refractivity contribution in [2.45, 2.75) is 26.3 Å². The Kier molecular flexibility index (Phi) is 6.30. The molecule has 188 valence electrons. The van der Waals surface area contributed by atoms with Crippen molar-refractivity contribution < 1.29 is 24.4 Å². The molecule has 2 N–H and O–H groups in total. The molecule has 0 spiro atoms. The number of hydrogen-bond donors (Lipinski definition) is 2. The second-order valence-corrected chi connectivity index (χ2v) is 9.16. The molecule has 4 aromatic rings. The van der Waals surface area contributed by atoms with Crippen LogP contribution in [-0.2, 0) is 26.3 Å². The van der Waals surface area contributed by atoms with Crippen LogP contribution >= 0.6 is 0 Å². The van der Waals surface area contributed by atoms with Gasteiger partial charge < -0.3 is 34.2 Å². The van der Waals surface area contributed by atoms with Gasteiger partial charge in [-0.1, -0.05) is 36.4 Å². The maximum absolute atomic E-state index is 9.54. The number of anilines is 2. The first-order valence-electron chi connectivity index (χ1n) is 12.3. The molecule has 6 rings (SSSR count). The lowest BCUT2D eigenvalue weighted by molar-refractivity contribution is 0.252. The molecule has 0 fully saturated rings. The first-order chi connectivity index (χ1) is 18.2. The predicted octanol–water partition coefficient (Wildman–Crippen LogP) is 5.18. The summed E-state index contributed by atoms with van der Waals surface area (Å²) >= 11 is 0. The molecule has 0 aliphatic carbocycles. The molecule has 0 atom stereocenters. The highest BCUT2D eigenvalue weighted by atomic mass is 16.5. The minimum atomic E-state index is -0.0264. The highest BCUT2D eigenvalue weighted by Crippen LogP contribution is 2.34. The molecule has 2 aliphatic rings. The summed E-state index contributed by atoms with van der Waals surface area (Å²) in [6.07, 6.45) is 0. The number of ether oxygens (including phenoxy) is 3. The largest absolute Gasteiger partial charge is 0.472 e. The quantitative estimate of drug-likeness (QED) is 0.381. The van der Waals surface area contributed by atoms with E-state index in [1.165, 1.54) is 0 Å². The van der Waals surface area contributed by atoms with Crippen LogP contribution in [0.1, 0.15) is 22.3 Å². The third-order valence-corrected chi connectivity index (χ3v) is 6.79. The first-order valence-corrected chi connectivity index (χ1v) is 12.3. The van der Waals surface area contributed by atoms with Gasteiger partial charge in [0.2, 0.25) is 0 Å². The van der Waals surface area contributed by atoms with Gasteiger partial charge in [-0.25, -0.2) is 0 Å². The van der Waals surface area contributed by atoms with Crippen LogP contribution < -0.4 is 24.0 Å². The number of rotatable bonds is 6. The van der Waals surface area contributed by atoms with Crippen molar-refractivity contribution in [1.82, 2.24) is 0 Å². The molecule has 7 heteroatoms. The van der Waals surface area contributed by atoms with E-state index in [0.29, 0.717) is 13.5 Å². The summed E-state index contributed by atoms with van der Waals surface area (Å²) in [5, 5.41) is 19.1. The van der Waals surface area contributed by atoms with E-state index in [2.05, 4.69) is 9.80 Å². The second kappa shape index (κ2) is 10.0. The zero-order chi connectivity index (χ0) is 25.2. The van der Waals surface area contributed by atoms with Gasteiger partial charge in [0.25, 0.3) is 0 Å². The predicted molar refractivity (Wildman–Crippen MR) is 141 cm³/mol. The van der Waals surface area contributed by atoms with E-state index in [-0.39, 0.29) is 13.2 Å². The van der Waals surface area contributed by atoms with E-state index in [9.17, 15) is 10.2 Å². The summed E-state index contributed by atoms with van der Waals surface area (Å²) < 4.78 is 18.0. The lowest BCUT2D eigenvalue weighted by Gasteiger charge is -2.32. The summed E-state index contributed by atoms with van der Waals surface area (Å²) in [5.41, 5.74) is 5.85. The van der Waals surface area contributed by atoms with E-state index < -0.39 is 0 Å². The Morgan fingerprint density at radius 3 is 1.43 bits per heavy atom. The van der Waals surface area contributed by atoms with Crippen molar-refractivity contribution in [2.75, 3.05) is 23.3 Å². The van der Waals surface area contributed by atoms with Crippen LogP contribution in [0.5, 0.6) is 23.0 Å². The van der Waals surface area contributed by atoms with Crippen LogP contribution in [0.25, 0.3) is 0 Å². The Morgan fingerprint density at radius 1 is 0.595 bits per heavy atom. The molecule has 37 heavy (non-hydrogen) atoms. The van der Waals surface area contributed by atoms with Gasteiger partial charge in [0, 0.05) is 46.7 Å². The normalized spacial score (nSPS) is 14.3. The van der Waals surface area contributed by atoms with E-state index >= 15 is 0 Å². The lowest BCUT2D eigenvalue weighted by Crippen LogP contribution is -2.32. The Hall–Kier alpha value is -4.20. The van der Waals surface area contributed by atoms with Crippen LogP contribution in [0.3, 0.4) is 0 Å². The molecule has 0 amide bonds. The van der Waals surface area contributed by atoms with Crippen molar-refractivity contribution in [3.05, 3.63) is 107 Å². The monoisotopic (exact) mass is 496 g/mol. The summed E-state index contributed by atoms with van der Waals surface area (Å²) in [6, 6.07) is 27.7. The highest BCUT2D eigenvalue weighted by molar-refractivity contribution is 5.55. The van der Waals surface area contributed by atoms with E-state index in [1.54, 1.807) is 0 Å². The Balaban J connectivity index is 1.09. The lowest BCUT2D eigenvalue weighted by atomic mass is 10.1. The topological polar surface area (TPSA) is 74.6 Å². The molecule has 0 unspecified atom stereocenters. The zero-order valence-electron chi connectivity index (χ0n) is 20.3. The van der Waals surface area contributed by atoms with Gasteiger partial charge in [-0.05, 0) is 48.5 Å². The molecule has 0 bridgehead atoms. The standard InChI is InChI=1S/C30H28N2O5/c33-17-23-5-1-3-21-15-31(19-35-29(21)23)25-7-11-27(12-8-25)37-28-13-9-26(10-14-28)32-16-22-4-2-6-24(18-34)30(22)36-20-32/h1-14,33-34H,15-20H2. The minimum Gasteiger partial charge on any atom is -0.472 e. The van der Waals surface area contributed by atoms with Crippen LogP contribution in [0.15, 0.2) is 84.9 Å². The molecule has 7 nitrogen and oxygen atoms in total. The van der Waals surface area contributed by atoms with Gasteiger partial charge in [0.05, 0.1) is 13.2 Å². The van der Waals surface area contributed by atoms with E-state index in [0.717, 1.165) is 69.7 Å². The summed E-state index contributed by atoms with van der Waals surface area (Å²) in [7, 11) is 0. The Morgan fingerprint density at radius 2 is 1.03 bits per heavy atom. The number of fused-ring (bicyclic) bond motifs is 2. The SMILES string of the molecule is OCc1cccc2c1OCN(c1ccc(Oc3ccc(N4COc5c(CO)cccc5C4)cc3)cc1)C2. The third-order valence-electron chi connectivity index (χ3n) is 6.79. The van der Waals surface area contributed by atoms with Crippen LogP contribution in [0, 0.1) is 0 Å². The third kappa shape index (κ3) is 4.67. The van der Waals surface area contributed by atoms with Gasteiger partial charge in [-0.3, -0.25) is 0 Å². The molecule has 0 saturated heterocycles. The molecular formula is C30H28N2O5. The van der Waals surface area contributed by atoms with Crippen molar-refractivity contribution in [3.63, 3.8) is 0 Å². The molecule has 2 aliphatic heterocycles. The average Bonchev–Trinajstić information content (AvgIpc) is 2.96. The smallest absolute Gasteiger partial charge is 0.161 e. The van der Waals surface area contributed by atoms with Crippen LogP contribution in [0.4, 0.5) is 11.4 Å². The fourth-order valence-corrected chi connectivity index (χ4v) is 4.85. The van der Waals surface area contributed by atoms with Gasteiger partial charge in [0.15, 0.2) is 13.5 Å². The Labute approximate surface area is 215 Å². The fraction of sp³-hybridized carbons (Fsp3) is 0.200. The molecule has 4 aromatic carbocycles. The minimum absolute atomic E-state index is 0.0264. The van der Waals surface area contributed by atoms with E-state index in [1.807, 2.05) is 84.9 Å². The average molecular weight is 497 g/mol. The highest BCUT2D eigenvalue weighted by Gasteiger charge is 2.21. The molecule has 2 heterocycles. The number of aliphatic hydroxyl groups excluding tert-OH is 2. The Bertz CT molecular complexity index is 1280. The van der Waals surface area contributed by atoms with E-state index in [4.69, 9.17) is 14.2 Å². The van der Waals surface area contributed by atoms with Crippen molar-refractivity contribution in [3.8, 4) is 23.0 Å². The van der Waals surface area contributed by atoms with Gasteiger partial charge in [0.1, 0.15) is 23.0 Å².